The molecule has 2 heterocycles. The van der Waals surface area contributed by atoms with Crippen LogP contribution in [-0.2, 0) is 19.7 Å². The minimum Gasteiger partial charge on any atom is -0.497 e. The number of hydrogen-bond acceptors (Lipinski definition) is 6. The number of hydrogen-bond donors (Lipinski definition) is 1. The van der Waals surface area contributed by atoms with Crippen LogP contribution in [-0.4, -0.2) is 86.5 Å². The summed E-state index contributed by atoms with van der Waals surface area (Å²) in [6, 6.07) is 5.74. The van der Waals surface area contributed by atoms with E-state index in [-0.39, 0.29) is 12.3 Å². The number of benzene rings is 1. The molecule has 3 rings (SSSR count). The van der Waals surface area contributed by atoms with Gasteiger partial charge in [-0.25, -0.2) is 4.79 Å². The van der Waals surface area contributed by atoms with Gasteiger partial charge in [0.15, 0.2) is 0 Å². The number of nitrogens with one attached hydrogen (secondary N) is 1. The molecule has 0 spiro atoms. The lowest BCUT2D eigenvalue weighted by Gasteiger charge is -2.41. The highest BCUT2D eigenvalue weighted by Crippen LogP contribution is 2.30. The van der Waals surface area contributed by atoms with Crippen molar-refractivity contribution in [2.24, 2.45) is 0 Å². The summed E-state index contributed by atoms with van der Waals surface area (Å²) in [5.74, 6) is 0.344. The zero-order valence-electron chi connectivity index (χ0n) is 19.2. The Morgan fingerprint density at radius 3 is 2.31 bits per heavy atom. The SMILES string of the molecule is COc1cccc([C@@H]2C[C@H](C(=O)N3CCN(C(=O)OC(C)(C)C)CC3)N(C)S(=O)(=O)N2)c1. The first-order valence-corrected chi connectivity index (χ1v) is 12.0. The van der Waals surface area contributed by atoms with E-state index >= 15 is 0 Å². The normalized spacial score (nSPS) is 24.2. The number of likely N-dealkylation sites (N-methyl/N-ethyl adjacent to an activating group) is 1. The molecule has 0 unspecified atom stereocenters. The monoisotopic (exact) mass is 468 g/mol. The van der Waals surface area contributed by atoms with Crippen LogP contribution in [0, 0.1) is 0 Å². The van der Waals surface area contributed by atoms with Crippen LogP contribution >= 0.6 is 0 Å². The Balaban J connectivity index is 1.70. The molecule has 0 saturated carbocycles. The topological polar surface area (TPSA) is 108 Å². The first-order chi connectivity index (χ1) is 14.9. The van der Waals surface area contributed by atoms with E-state index in [0.717, 1.165) is 9.87 Å². The van der Waals surface area contributed by atoms with Crippen molar-refractivity contribution in [1.82, 2.24) is 18.8 Å². The highest BCUT2D eigenvalue weighted by atomic mass is 32.2. The van der Waals surface area contributed by atoms with E-state index in [9.17, 15) is 18.0 Å². The standard InChI is InChI=1S/C21H32N4O6S/c1-21(2,3)31-20(27)25-11-9-24(10-12-25)19(26)18-14-17(22-32(28,29)23(18)4)15-7-6-8-16(13-15)30-5/h6-8,13,17-18,22H,9-12,14H2,1-5H3/t17-,18+/m0/s1. The van der Waals surface area contributed by atoms with Crippen molar-refractivity contribution in [2.45, 2.75) is 44.9 Å². The summed E-state index contributed by atoms with van der Waals surface area (Å²) in [5.41, 5.74) is 0.138. The van der Waals surface area contributed by atoms with Crippen molar-refractivity contribution in [3.05, 3.63) is 29.8 Å². The number of ether oxygens (including phenoxy) is 2. The molecule has 10 nitrogen and oxygen atoms in total. The molecule has 0 radical (unpaired) electrons. The van der Waals surface area contributed by atoms with E-state index in [4.69, 9.17) is 9.47 Å². The third-order valence-electron chi connectivity index (χ3n) is 5.59. The number of methoxy groups -OCH3 is 1. The van der Waals surface area contributed by atoms with Gasteiger partial charge in [-0.3, -0.25) is 4.79 Å². The van der Waals surface area contributed by atoms with Gasteiger partial charge in [0.05, 0.1) is 13.2 Å². The lowest BCUT2D eigenvalue weighted by atomic mass is 9.98. The van der Waals surface area contributed by atoms with Gasteiger partial charge < -0.3 is 19.3 Å². The van der Waals surface area contributed by atoms with Crippen molar-refractivity contribution in [3.63, 3.8) is 0 Å². The van der Waals surface area contributed by atoms with Crippen LogP contribution in [0.25, 0.3) is 0 Å². The van der Waals surface area contributed by atoms with Crippen molar-refractivity contribution < 1.29 is 27.5 Å². The van der Waals surface area contributed by atoms with Crippen LogP contribution in [0.15, 0.2) is 24.3 Å². The molecule has 1 aromatic carbocycles. The quantitative estimate of drug-likeness (QED) is 0.718. The molecule has 2 fully saturated rings. The second-order valence-corrected chi connectivity index (χ2v) is 10.8. The van der Waals surface area contributed by atoms with Crippen LogP contribution in [0.4, 0.5) is 4.79 Å². The van der Waals surface area contributed by atoms with Crippen LogP contribution in [0.2, 0.25) is 0 Å². The molecule has 2 amide bonds. The van der Waals surface area contributed by atoms with E-state index in [0.29, 0.717) is 31.9 Å². The van der Waals surface area contributed by atoms with E-state index in [1.54, 1.807) is 55.9 Å². The number of nitrogens with zero attached hydrogens (tertiary/aromatic N) is 3. The van der Waals surface area contributed by atoms with Crippen molar-refractivity contribution in [2.75, 3.05) is 40.3 Å². The van der Waals surface area contributed by atoms with Crippen LogP contribution < -0.4 is 9.46 Å². The summed E-state index contributed by atoms with van der Waals surface area (Å²) >= 11 is 0. The first kappa shape index (κ1) is 24.3. The number of carbonyl (C=O) groups excluding carboxylic acids is 2. The third kappa shape index (κ3) is 5.51. The van der Waals surface area contributed by atoms with Crippen molar-refractivity contribution in [1.29, 1.82) is 0 Å². The molecule has 1 N–H and O–H groups in total. The van der Waals surface area contributed by atoms with E-state index < -0.39 is 34.0 Å². The van der Waals surface area contributed by atoms with Gasteiger partial charge in [0.25, 0.3) is 10.2 Å². The third-order valence-corrected chi connectivity index (χ3v) is 7.19. The molecule has 0 aliphatic carbocycles. The highest BCUT2D eigenvalue weighted by molar-refractivity contribution is 7.87. The van der Waals surface area contributed by atoms with Crippen LogP contribution in [0.1, 0.15) is 38.8 Å². The van der Waals surface area contributed by atoms with Gasteiger partial charge in [0, 0.05) is 33.2 Å². The molecule has 178 valence electrons. The lowest BCUT2D eigenvalue weighted by Crippen LogP contribution is -2.60. The molecule has 2 aliphatic rings. The smallest absolute Gasteiger partial charge is 0.410 e. The van der Waals surface area contributed by atoms with Crippen molar-refractivity contribution >= 4 is 22.2 Å². The summed E-state index contributed by atoms with van der Waals surface area (Å²) in [4.78, 5) is 28.7. The Morgan fingerprint density at radius 2 is 1.72 bits per heavy atom. The second-order valence-electron chi connectivity index (χ2n) is 9.01. The number of carbonyl (C=O) groups is 2. The fraction of sp³-hybridized carbons (Fsp3) is 0.619. The summed E-state index contributed by atoms with van der Waals surface area (Å²) in [5, 5.41) is 0. The Morgan fingerprint density at radius 1 is 1.09 bits per heavy atom. The average Bonchev–Trinajstić information content (AvgIpc) is 2.74. The van der Waals surface area contributed by atoms with Crippen LogP contribution in [0.5, 0.6) is 5.75 Å². The van der Waals surface area contributed by atoms with E-state index in [1.807, 2.05) is 6.07 Å². The predicted molar refractivity (Wildman–Crippen MR) is 118 cm³/mol. The molecular weight excluding hydrogens is 436 g/mol. The average molecular weight is 469 g/mol. The fourth-order valence-electron chi connectivity index (χ4n) is 3.82. The fourth-order valence-corrected chi connectivity index (χ4v) is 5.08. The molecule has 1 aromatic rings. The predicted octanol–water partition coefficient (Wildman–Crippen LogP) is 1.35. The minimum absolute atomic E-state index is 0.269. The summed E-state index contributed by atoms with van der Waals surface area (Å²) in [6.45, 7) is 6.71. The Hall–Kier alpha value is -2.37. The maximum atomic E-state index is 13.3. The van der Waals surface area contributed by atoms with Gasteiger partial charge in [-0.05, 0) is 44.9 Å². The Bertz CT molecular complexity index is 953. The van der Waals surface area contributed by atoms with E-state index in [2.05, 4.69) is 4.72 Å². The molecule has 0 bridgehead atoms. The Kier molecular flexibility index (Phi) is 7.01. The molecule has 2 saturated heterocycles. The zero-order chi connectivity index (χ0) is 23.7. The summed E-state index contributed by atoms with van der Waals surface area (Å²) in [7, 11) is -0.896. The van der Waals surface area contributed by atoms with Gasteiger partial charge in [0.1, 0.15) is 17.4 Å². The molecule has 2 atom stereocenters. The maximum absolute atomic E-state index is 13.3. The maximum Gasteiger partial charge on any atom is 0.410 e. The molecule has 32 heavy (non-hydrogen) atoms. The molecule has 11 heteroatoms. The van der Waals surface area contributed by atoms with Crippen molar-refractivity contribution in [3.8, 4) is 5.75 Å². The number of rotatable bonds is 3. The van der Waals surface area contributed by atoms with Gasteiger partial charge >= 0.3 is 6.09 Å². The van der Waals surface area contributed by atoms with Gasteiger partial charge in [-0.1, -0.05) is 12.1 Å². The number of piperazine rings is 1. The largest absolute Gasteiger partial charge is 0.497 e. The first-order valence-electron chi connectivity index (χ1n) is 10.6. The Labute approximate surface area is 189 Å². The molecule has 0 aromatic heterocycles. The zero-order valence-corrected chi connectivity index (χ0v) is 20.0. The van der Waals surface area contributed by atoms with Crippen LogP contribution in [0.3, 0.4) is 0 Å². The highest BCUT2D eigenvalue weighted by Gasteiger charge is 2.43. The second kappa shape index (κ2) is 9.24. The lowest BCUT2D eigenvalue weighted by molar-refractivity contribution is -0.137. The number of amides is 2. The van der Waals surface area contributed by atoms with Gasteiger partial charge in [-0.2, -0.15) is 17.4 Å². The van der Waals surface area contributed by atoms with Gasteiger partial charge in [-0.15, -0.1) is 0 Å². The van der Waals surface area contributed by atoms with Gasteiger partial charge in [0.2, 0.25) is 5.91 Å². The summed E-state index contributed by atoms with van der Waals surface area (Å²) in [6.07, 6.45) is -0.127. The minimum atomic E-state index is -3.85. The molecular formula is C21H32N4O6S. The van der Waals surface area contributed by atoms with E-state index in [1.165, 1.54) is 7.05 Å². The summed E-state index contributed by atoms with van der Waals surface area (Å²) < 4.78 is 39.8. The molecule has 2 aliphatic heterocycles.